The minimum Gasteiger partial charge on any atom is -0.435 e. The minimum absolute atomic E-state index is 0.0447. The van der Waals surface area contributed by atoms with Gasteiger partial charge in [0.15, 0.2) is 0 Å². The fourth-order valence-corrected chi connectivity index (χ4v) is 2.48. The largest absolute Gasteiger partial charge is 0.435 e. The number of anilines is 1. The number of carbonyl (C=O) groups is 1. The number of hydrogen-bond donors (Lipinski definition) is 1. The number of hydrogen-bond acceptors (Lipinski definition) is 4. The summed E-state index contributed by atoms with van der Waals surface area (Å²) in [5.41, 5.74) is 1.34. The molecule has 0 aliphatic carbocycles. The van der Waals surface area contributed by atoms with Gasteiger partial charge in [-0.3, -0.25) is 4.79 Å². The Labute approximate surface area is 147 Å². The SMILES string of the molecule is CNC=C1C(=O)N(c2ccc(F)cc2)N=C1c1cccc(OC(F)F)c1. The third-order valence-electron chi connectivity index (χ3n) is 3.57. The van der Waals surface area contributed by atoms with E-state index in [0.29, 0.717) is 11.3 Å². The molecule has 1 amide bonds. The van der Waals surface area contributed by atoms with E-state index in [9.17, 15) is 18.0 Å². The highest BCUT2D eigenvalue weighted by atomic mass is 19.3. The van der Waals surface area contributed by atoms with Crippen molar-refractivity contribution in [1.29, 1.82) is 0 Å². The van der Waals surface area contributed by atoms with Gasteiger partial charge in [0.05, 0.1) is 11.3 Å². The van der Waals surface area contributed by atoms with E-state index in [-0.39, 0.29) is 17.0 Å². The Hall–Kier alpha value is -3.29. The molecular formula is C18H14F3N3O2. The third kappa shape index (κ3) is 3.53. The van der Waals surface area contributed by atoms with Crippen LogP contribution in [0, 0.1) is 5.82 Å². The molecule has 0 spiro atoms. The summed E-state index contributed by atoms with van der Waals surface area (Å²) in [6.07, 6.45) is 1.46. The number of rotatable bonds is 5. The van der Waals surface area contributed by atoms with Crippen LogP contribution in [-0.2, 0) is 4.79 Å². The Morgan fingerprint density at radius 1 is 1.19 bits per heavy atom. The van der Waals surface area contributed by atoms with Crippen molar-refractivity contribution in [1.82, 2.24) is 5.32 Å². The summed E-state index contributed by atoms with van der Waals surface area (Å²) >= 11 is 0. The third-order valence-corrected chi connectivity index (χ3v) is 3.57. The second-order valence-corrected chi connectivity index (χ2v) is 5.30. The van der Waals surface area contributed by atoms with E-state index in [1.807, 2.05) is 0 Å². The first-order valence-corrected chi connectivity index (χ1v) is 7.61. The summed E-state index contributed by atoms with van der Waals surface area (Å²) in [7, 11) is 1.62. The van der Waals surface area contributed by atoms with Crippen LogP contribution in [0.5, 0.6) is 5.75 Å². The summed E-state index contributed by atoms with van der Waals surface area (Å²) < 4.78 is 42.4. The summed E-state index contributed by atoms with van der Waals surface area (Å²) in [6.45, 7) is -2.96. The van der Waals surface area contributed by atoms with Crippen LogP contribution in [0.1, 0.15) is 5.56 Å². The highest BCUT2D eigenvalue weighted by Crippen LogP contribution is 2.27. The van der Waals surface area contributed by atoms with Gasteiger partial charge < -0.3 is 10.1 Å². The van der Waals surface area contributed by atoms with Crippen molar-refractivity contribution in [3.63, 3.8) is 0 Å². The van der Waals surface area contributed by atoms with Crippen LogP contribution in [-0.4, -0.2) is 25.3 Å². The van der Waals surface area contributed by atoms with E-state index in [1.165, 1.54) is 48.7 Å². The standard InChI is InChI=1S/C18H14F3N3O2/c1-22-10-15-16(11-3-2-4-14(9-11)26-18(20)21)23-24(17(15)25)13-7-5-12(19)6-8-13/h2-10,18,22H,1H3. The molecule has 26 heavy (non-hydrogen) atoms. The van der Waals surface area contributed by atoms with Gasteiger partial charge in [0.25, 0.3) is 5.91 Å². The maximum absolute atomic E-state index is 13.1. The van der Waals surface area contributed by atoms with Crippen LogP contribution in [0.4, 0.5) is 18.9 Å². The van der Waals surface area contributed by atoms with Crippen molar-refractivity contribution in [2.75, 3.05) is 12.1 Å². The lowest BCUT2D eigenvalue weighted by atomic mass is 10.0. The maximum Gasteiger partial charge on any atom is 0.387 e. The first-order chi connectivity index (χ1) is 12.5. The van der Waals surface area contributed by atoms with Crippen LogP contribution in [0.2, 0.25) is 0 Å². The molecule has 1 aliphatic heterocycles. The van der Waals surface area contributed by atoms with Gasteiger partial charge in [-0.05, 0) is 36.4 Å². The molecule has 3 rings (SSSR count). The molecule has 2 aromatic carbocycles. The van der Waals surface area contributed by atoms with Gasteiger partial charge in [0.2, 0.25) is 0 Å². The first-order valence-electron chi connectivity index (χ1n) is 7.61. The monoisotopic (exact) mass is 361 g/mol. The molecule has 0 radical (unpaired) electrons. The van der Waals surface area contributed by atoms with Crippen molar-refractivity contribution in [2.24, 2.45) is 5.10 Å². The van der Waals surface area contributed by atoms with E-state index in [0.717, 1.165) is 5.01 Å². The number of benzene rings is 2. The van der Waals surface area contributed by atoms with Gasteiger partial charge in [-0.1, -0.05) is 12.1 Å². The smallest absolute Gasteiger partial charge is 0.387 e. The second-order valence-electron chi connectivity index (χ2n) is 5.30. The Kier molecular flexibility index (Phi) is 4.92. The van der Waals surface area contributed by atoms with E-state index in [2.05, 4.69) is 15.2 Å². The molecule has 1 heterocycles. The normalized spacial score (nSPS) is 15.6. The maximum atomic E-state index is 13.1. The second kappa shape index (κ2) is 7.30. The highest BCUT2D eigenvalue weighted by molar-refractivity contribution is 6.35. The molecule has 1 aliphatic rings. The molecule has 0 saturated carbocycles. The van der Waals surface area contributed by atoms with Gasteiger partial charge in [-0.2, -0.15) is 18.9 Å². The molecular weight excluding hydrogens is 347 g/mol. The van der Waals surface area contributed by atoms with Gasteiger partial charge in [-0.15, -0.1) is 0 Å². The minimum atomic E-state index is -2.96. The number of alkyl halides is 2. The lowest BCUT2D eigenvalue weighted by molar-refractivity contribution is -0.114. The molecule has 0 atom stereocenters. The topological polar surface area (TPSA) is 53.9 Å². The number of amides is 1. The fraction of sp³-hybridized carbons (Fsp3) is 0.111. The summed E-state index contributed by atoms with van der Waals surface area (Å²) in [5, 5.41) is 8.18. The molecule has 2 aromatic rings. The predicted molar refractivity (Wildman–Crippen MR) is 90.6 cm³/mol. The molecule has 0 unspecified atom stereocenters. The van der Waals surface area contributed by atoms with Crippen LogP contribution in [0.25, 0.3) is 0 Å². The number of nitrogens with zero attached hydrogens (tertiary/aromatic N) is 2. The summed E-state index contributed by atoms with van der Waals surface area (Å²) in [5.74, 6) is -0.912. The van der Waals surface area contributed by atoms with Gasteiger partial charge in [0.1, 0.15) is 17.3 Å². The van der Waals surface area contributed by atoms with Crippen LogP contribution >= 0.6 is 0 Å². The highest BCUT2D eigenvalue weighted by Gasteiger charge is 2.32. The zero-order valence-corrected chi connectivity index (χ0v) is 13.6. The molecule has 8 heteroatoms. The summed E-state index contributed by atoms with van der Waals surface area (Å²) in [6, 6.07) is 11.2. The van der Waals surface area contributed by atoms with Crippen molar-refractivity contribution in [3.05, 3.63) is 71.7 Å². The summed E-state index contributed by atoms with van der Waals surface area (Å²) in [4.78, 5) is 12.7. The number of ether oxygens (including phenoxy) is 1. The average Bonchev–Trinajstić information content (AvgIpc) is 2.93. The molecule has 1 N–H and O–H groups in total. The number of hydrazone groups is 1. The zero-order valence-electron chi connectivity index (χ0n) is 13.6. The van der Waals surface area contributed by atoms with Crippen molar-refractivity contribution >= 4 is 17.3 Å². The van der Waals surface area contributed by atoms with Gasteiger partial charge in [-0.25, -0.2) is 4.39 Å². The lowest BCUT2D eigenvalue weighted by Crippen LogP contribution is -2.22. The van der Waals surface area contributed by atoms with Crippen molar-refractivity contribution in [2.45, 2.75) is 6.61 Å². The van der Waals surface area contributed by atoms with Crippen LogP contribution < -0.4 is 15.1 Å². The molecule has 5 nitrogen and oxygen atoms in total. The molecule has 134 valence electrons. The molecule has 0 bridgehead atoms. The Morgan fingerprint density at radius 2 is 1.92 bits per heavy atom. The van der Waals surface area contributed by atoms with Crippen molar-refractivity contribution in [3.8, 4) is 5.75 Å². The molecule has 0 aromatic heterocycles. The quantitative estimate of drug-likeness (QED) is 0.832. The zero-order chi connectivity index (χ0) is 18.7. The van der Waals surface area contributed by atoms with E-state index < -0.39 is 18.3 Å². The Morgan fingerprint density at radius 3 is 2.58 bits per heavy atom. The van der Waals surface area contributed by atoms with E-state index in [4.69, 9.17) is 0 Å². The van der Waals surface area contributed by atoms with Gasteiger partial charge in [0, 0.05) is 18.8 Å². The number of halogens is 3. The number of carbonyl (C=O) groups excluding carboxylic acids is 1. The molecule has 0 fully saturated rings. The Balaban J connectivity index is 2.02. The van der Waals surface area contributed by atoms with E-state index in [1.54, 1.807) is 13.1 Å². The van der Waals surface area contributed by atoms with E-state index >= 15 is 0 Å². The lowest BCUT2D eigenvalue weighted by Gasteiger charge is -2.11. The first kappa shape index (κ1) is 17.5. The van der Waals surface area contributed by atoms with Crippen molar-refractivity contribution < 1.29 is 22.7 Å². The van der Waals surface area contributed by atoms with Gasteiger partial charge >= 0.3 is 6.61 Å². The van der Waals surface area contributed by atoms with Crippen LogP contribution in [0.3, 0.4) is 0 Å². The predicted octanol–water partition coefficient (Wildman–Crippen LogP) is 3.28. The molecule has 0 saturated heterocycles. The van der Waals surface area contributed by atoms with Crippen LogP contribution in [0.15, 0.2) is 65.4 Å². The Bertz CT molecular complexity index is 880. The average molecular weight is 361 g/mol. The fourth-order valence-electron chi connectivity index (χ4n) is 2.48. The number of nitrogens with one attached hydrogen (secondary N) is 1.